The summed E-state index contributed by atoms with van der Waals surface area (Å²) in [4.78, 5) is 29.6. The van der Waals surface area contributed by atoms with Crippen LogP contribution in [0.1, 0.15) is 67.5 Å². The first-order valence-electron chi connectivity index (χ1n) is 11.9. The predicted molar refractivity (Wildman–Crippen MR) is 135 cm³/mol. The summed E-state index contributed by atoms with van der Waals surface area (Å²) in [6.07, 6.45) is 2.97. The van der Waals surface area contributed by atoms with Gasteiger partial charge in [0.2, 0.25) is 0 Å². The minimum Gasteiger partial charge on any atom is -0.444 e. The summed E-state index contributed by atoms with van der Waals surface area (Å²) < 4.78 is 7.26. The Morgan fingerprint density at radius 2 is 1.74 bits per heavy atom. The van der Waals surface area contributed by atoms with Crippen LogP contribution in [0.4, 0.5) is 4.79 Å². The van der Waals surface area contributed by atoms with Crippen molar-refractivity contribution in [1.29, 1.82) is 0 Å². The molecule has 8 nitrogen and oxygen atoms in total. The molecule has 8 heteroatoms. The van der Waals surface area contributed by atoms with E-state index in [0.29, 0.717) is 17.7 Å². The summed E-state index contributed by atoms with van der Waals surface area (Å²) in [7, 11) is 0. The van der Waals surface area contributed by atoms with Crippen molar-refractivity contribution in [1.82, 2.24) is 24.9 Å². The van der Waals surface area contributed by atoms with Gasteiger partial charge in [0, 0.05) is 17.7 Å². The van der Waals surface area contributed by atoms with E-state index in [0.717, 1.165) is 53.9 Å². The van der Waals surface area contributed by atoms with Crippen LogP contribution in [0.2, 0.25) is 0 Å². The number of ether oxygens (including phenoxy) is 1. The first-order valence-corrected chi connectivity index (χ1v) is 11.9. The second kappa shape index (κ2) is 10.2. The standard InChI is InChI=1S/C27H31N5O3/c1-18-30-31-25-21(13-9-6-10-16-28-26(34)35-27(2,3)4)29-22-17-20(14-15-23(22)32(18)25)24(33)19-11-7-5-8-12-19/h5,7-8,11-12,14-15,17H,6,9-10,13,16H2,1-4H3,(H,28,34). The highest BCUT2D eigenvalue weighted by atomic mass is 16.6. The van der Waals surface area contributed by atoms with Crippen molar-refractivity contribution >= 4 is 28.6 Å². The lowest BCUT2D eigenvalue weighted by Crippen LogP contribution is -2.32. The molecule has 0 unspecified atom stereocenters. The molecule has 4 aromatic rings. The molecule has 0 aliphatic carbocycles. The van der Waals surface area contributed by atoms with E-state index in [4.69, 9.17) is 9.72 Å². The normalized spacial score (nSPS) is 11.7. The molecule has 0 bridgehead atoms. The van der Waals surface area contributed by atoms with Crippen molar-refractivity contribution in [3.05, 3.63) is 71.2 Å². The molecule has 0 aliphatic heterocycles. The predicted octanol–water partition coefficient (Wildman–Crippen LogP) is 5.05. The number of aryl methyl sites for hydroxylation is 2. The van der Waals surface area contributed by atoms with Gasteiger partial charge in [0.15, 0.2) is 11.4 Å². The molecule has 0 radical (unpaired) electrons. The maximum absolute atomic E-state index is 13.0. The number of carbonyl (C=O) groups is 2. The van der Waals surface area contributed by atoms with Gasteiger partial charge in [-0.3, -0.25) is 9.20 Å². The number of nitrogens with zero attached hydrogens (tertiary/aromatic N) is 4. The first-order chi connectivity index (χ1) is 16.7. The third-order valence-corrected chi connectivity index (χ3v) is 5.61. The molecular formula is C27H31N5O3. The SMILES string of the molecule is Cc1nnc2c(CCCCCNC(=O)OC(C)(C)C)nc3cc(C(=O)c4ccccc4)ccc3n12. The lowest BCUT2D eigenvalue weighted by molar-refractivity contribution is 0.0527. The van der Waals surface area contributed by atoms with Crippen molar-refractivity contribution in [3.63, 3.8) is 0 Å². The van der Waals surface area contributed by atoms with E-state index in [1.165, 1.54) is 0 Å². The smallest absolute Gasteiger partial charge is 0.407 e. The quantitative estimate of drug-likeness (QED) is 0.284. The van der Waals surface area contributed by atoms with Gasteiger partial charge in [0.05, 0.1) is 16.7 Å². The van der Waals surface area contributed by atoms with Gasteiger partial charge < -0.3 is 10.1 Å². The summed E-state index contributed by atoms with van der Waals surface area (Å²) in [6.45, 7) is 8.00. The van der Waals surface area contributed by atoms with Gasteiger partial charge in [0.25, 0.3) is 0 Å². The molecule has 0 spiro atoms. The number of rotatable bonds is 8. The summed E-state index contributed by atoms with van der Waals surface area (Å²) in [6, 6.07) is 14.8. The van der Waals surface area contributed by atoms with Crippen LogP contribution in [0.15, 0.2) is 48.5 Å². The number of unbranched alkanes of at least 4 members (excludes halogenated alkanes) is 2. The summed E-state index contributed by atoms with van der Waals surface area (Å²) in [5.74, 6) is 0.742. The number of alkyl carbamates (subject to hydrolysis) is 1. The molecular weight excluding hydrogens is 442 g/mol. The Morgan fingerprint density at radius 1 is 0.971 bits per heavy atom. The van der Waals surface area contributed by atoms with Crippen LogP contribution < -0.4 is 5.32 Å². The zero-order chi connectivity index (χ0) is 25.0. The Kier molecular flexibility index (Phi) is 7.10. The highest BCUT2D eigenvalue weighted by Crippen LogP contribution is 2.22. The van der Waals surface area contributed by atoms with E-state index >= 15 is 0 Å². The lowest BCUT2D eigenvalue weighted by Gasteiger charge is -2.19. The number of hydrogen-bond donors (Lipinski definition) is 1. The van der Waals surface area contributed by atoms with E-state index in [1.807, 2.05) is 80.6 Å². The minimum atomic E-state index is -0.501. The molecule has 0 saturated carbocycles. The molecule has 2 aromatic carbocycles. The van der Waals surface area contributed by atoms with Gasteiger partial charge in [0.1, 0.15) is 11.4 Å². The van der Waals surface area contributed by atoms with Crippen molar-refractivity contribution in [2.45, 2.75) is 59.0 Å². The maximum Gasteiger partial charge on any atom is 0.407 e. The number of carbonyl (C=O) groups excluding carboxylic acids is 2. The maximum atomic E-state index is 13.0. The topological polar surface area (TPSA) is 98.5 Å². The molecule has 2 aromatic heterocycles. The fourth-order valence-electron chi connectivity index (χ4n) is 4.00. The van der Waals surface area contributed by atoms with E-state index < -0.39 is 11.7 Å². The highest BCUT2D eigenvalue weighted by molar-refractivity contribution is 6.10. The van der Waals surface area contributed by atoms with Crippen LogP contribution in [0, 0.1) is 6.92 Å². The number of hydrogen-bond acceptors (Lipinski definition) is 6. The lowest BCUT2D eigenvalue weighted by atomic mass is 10.0. The van der Waals surface area contributed by atoms with E-state index in [-0.39, 0.29) is 5.78 Å². The average molecular weight is 474 g/mol. The molecule has 2 heterocycles. The Morgan fingerprint density at radius 3 is 2.49 bits per heavy atom. The average Bonchev–Trinajstić information content (AvgIpc) is 3.21. The van der Waals surface area contributed by atoms with Gasteiger partial charge in [-0.2, -0.15) is 0 Å². The zero-order valence-corrected chi connectivity index (χ0v) is 20.7. The molecule has 35 heavy (non-hydrogen) atoms. The number of benzene rings is 2. The van der Waals surface area contributed by atoms with Gasteiger partial charge in [-0.05, 0) is 65.2 Å². The molecule has 0 aliphatic rings. The fraction of sp³-hybridized carbons (Fsp3) is 0.370. The second-order valence-corrected chi connectivity index (χ2v) is 9.60. The second-order valence-electron chi connectivity index (χ2n) is 9.60. The number of nitrogens with one attached hydrogen (secondary N) is 1. The first kappa shape index (κ1) is 24.3. The Bertz CT molecular complexity index is 1360. The van der Waals surface area contributed by atoms with Crippen LogP contribution in [0.5, 0.6) is 0 Å². The summed E-state index contributed by atoms with van der Waals surface area (Å²) in [5.41, 5.74) is 3.95. The van der Waals surface area contributed by atoms with E-state index in [2.05, 4.69) is 15.5 Å². The van der Waals surface area contributed by atoms with Gasteiger partial charge >= 0.3 is 6.09 Å². The van der Waals surface area contributed by atoms with Crippen molar-refractivity contribution in [3.8, 4) is 0 Å². The van der Waals surface area contributed by atoms with Crippen molar-refractivity contribution in [2.24, 2.45) is 0 Å². The van der Waals surface area contributed by atoms with Gasteiger partial charge in [-0.15, -0.1) is 10.2 Å². The fourth-order valence-corrected chi connectivity index (χ4v) is 4.00. The van der Waals surface area contributed by atoms with Crippen LogP contribution in [-0.4, -0.2) is 43.6 Å². The number of amides is 1. The zero-order valence-electron chi connectivity index (χ0n) is 20.7. The molecule has 0 fully saturated rings. The molecule has 0 atom stereocenters. The Hall–Kier alpha value is -3.81. The highest BCUT2D eigenvalue weighted by Gasteiger charge is 2.17. The largest absolute Gasteiger partial charge is 0.444 e. The molecule has 1 amide bonds. The van der Waals surface area contributed by atoms with E-state index in [1.54, 1.807) is 0 Å². The molecule has 4 rings (SSSR count). The Balaban J connectivity index is 1.47. The molecule has 0 saturated heterocycles. The van der Waals surface area contributed by atoms with Gasteiger partial charge in [-0.25, -0.2) is 9.78 Å². The summed E-state index contributed by atoms with van der Waals surface area (Å²) in [5, 5.41) is 11.4. The van der Waals surface area contributed by atoms with Crippen LogP contribution >= 0.6 is 0 Å². The van der Waals surface area contributed by atoms with Crippen molar-refractivity contribution < 1.29 is 14.3 Å². The molecule has 182 valence electrons. The summed E-state index contributed by atoms with van der Waals surface area (Å²) >= 11 is 0. The van der Waals surface area contributed by atoms with Gasteiger partial charge in [-0.1, -0.05) is 36.8 Å². The number of ketones is 1. The number of fused-ring (bicyclic) bond motifs is 3. The van der Waals surface area contributed by atoms with Crippen LogP contribution in [-0.2, 0) is 11.2 Å². The minimum absolute atomic E-state index is 0.0334. The Labute approximate surface area is 204 Å². The van der Waals surface area contributed by atoms with Crippen LogP contribution in [0.3, 0.4) is 0 Å². The third kappa shape index (κ3) is 5.82. The monoisotopic (exact) mass is 473 g/mol. The van der Waals surface area contributed by atoms with E-state index in [9.17, 15) is 9.59 Å². The van der Waals surface area contributed by atoms with Crippen molar-refractivity contribution in [2.75, 3.05) is 6.54 Å². The van der Waals surface area contributed by atoms with Crippen LogP contribution in [0.25, 0.3) is 16.7 Å². The third-order valence-electron chi connectivity index (χ3n) is 5.61. The number of aromatic nitrogens is 4. The molecule has 1 N–H and O–H groups in total.